The Morgan fingerprint density at radius 3 is 2.72 bits per heavy atom. The van der Waals surface area contributed by atoms with Gasteiger partial charge in [0.2, 0.25) is 5.91 Å². The van der Waals surface area contributed by atoms with Crippen molar-refractivity contribution in [3.8, 4) is 11.3 Å². The van der Waals surface area contributed by atoms with E-state index in [2.05, 4.69) is 28.5 Å². The van der Waals surface area contributed by atoms with Gasteiger partial charge in [-0.1, -0.05) is 12.1 Å². The third-order valence-electron chi connectivity index (χ3n) is 5.48. The van der Waals surface area contributed by atoms with E-state index in [-0.39, 0.29) is 5.91 Å². The summed E-state index contributed by atoms with van der Waals surface area (Å²) >= 11 is 1.78. The van der Waals surface area contributed by atoms with Gasteiger partial charge in [-0.3, -0.25) is 9.69 Å². The molecule has 2 heterocycles. The molecule has 0 spiro atoms. The summed E-state index contributed by atoms with van der Waals surface area (Å²) < 4.78 is 0. The highest BCUT2D eigenvalue weighted by Crippen LogP contribution is 2.34. The summed E-state index contributed by atoms with van der Waals surface area (Å²) in [5.41, 5.74) is 10.7. The van der Waals surface area contributed by atoms with E-state index in [1.807, 2.05) is 0 Å². The molecule has 0 atom stereocenters. The summed E-state index contributed by atoms with van der Waals surface area (Å²) in [4.78, 5) is 18.1. The van der Waals surface area contributed by atoms with Crippen LogP contribution in [0.4, 0.5) is 0 Å². The van der Waals surface area contributed by atoms with Gasteiger partial charge >= 0.3 is 0 Å². The van der Waals surface area contributed by atoms with Gasteiger partial charge in [0.05, 0.1) is 17.2 Å². The number of hydrogen-bond donors (Lipinski definition) is 1. The number of thiazole rings is 1. The summed E-state index contributed by atoms with van der Waals surface area (Å²) in [6.07, 6.45) is 7.18. The molecule has 1 aliphatic carbocycles. The van der Waals surface area contributed by atoms with E-state index in [0.717, 1.165) is 31.6 Å². The molecule has 1 fully saturated rings. The lowest BCUT2D eigenvalue weighted by atomic mass is 9.90. The molecule has 2 N–H and O–H groups in total. The number of aryl methyl sites for hydroxylation is 2. The largest absolute Gasteiger partial charge is 0.369 e. The highest BCUT2D eigenvalue weighted by molar-refractivity contribution is 7.10. The molecule has 1 amide bonds. The number of hydrogen-bond acceptors (Lipinski definition) is 4. The lowest BCUT2D eigenvalue weighted by molar-refractivity contribution is -0.119. The Bertz CT molecular complexity index is 762. The van der Waals surface area contributed by atoms with E-state index in [9.17, 15) is 4.79 Å². The Labute approximate surface area is 153 Å². The van der Waals surface area contributed by atoms with Gasteiger partial charge in [-0.2, -0.15) is 0 Å². The molecule has 4 nitrogen and oxygen atoms in total. The van der Waals surface area contributed by atoms with Crippen molar-refractivity contribution < 1.29 is 4.79 Å². The van der Waals surface area contributed by atoms with Crippen LogP contribution in [0.1, 0.15) is 47.7 Å². The molecular formula is C20H25N3OS. The highest BCUT2D eigenvalue weighted by Gasteiger charge is 2.24. The number of rotatable bonds is 4. The average molecular weight is 356 g/mol. The SMILES string of the molecule is NC(=O)CN1CCC(c2nc(-c3ccc4c(c3)CCCC4)cs2)CC1. The zero-order valence-corrected chi connectivity index (χ0v) is 15.4. The average Bonchev–Trinajstić information content (AvgIpc) is 3.11. The van der Waals surface area contributed by atoms with E-state index in [1.165, 1.54) is 47.4 Å². The number of aromatic nitrogens is 1. The molecule has 1 saturated heterocycles. The van der Waals surface area contributed by atoms with E-state index >= 15 is 0 Å². The van der Waals surface area contributed by atoms with Crippen LogP contribution in [0.5, 0.6) is 0 Å². The van der Waals surface area contributed by atoms with Crippen LogP contribution in [0, 0.1) is 0 Å². The standard InChI is InChI=1S/C20H25N3OS/c21-19(24)12-23-9-7-15(8-10-23)20-22-18(13-25-20)17-6-5-14-3-1-2-4-16(14)11-17/h5-6,11,13,15H,1-4,7-10,12H2,(H2,21,24). The fourth-order valence-corrected chi connectivity index (χ4v) is 5.06. The van der Waals surface area contributed by atoms with Crippen molar-refractivity contribution in [1.82, 2.24) is 9.88 Å². The first-order chi connectivity index (χ1) is 12.2. The summed E-state index contributed by atoms with van der Waals surface area (Å²) in [6.45, 7) is 2.24. The topological polar surface area (TPSA) is 59.2 Å². The van der Waals surface area contributed by atoms with Gasteiger partial charge in [0, 0.05) is 16.9 Å². The molecule has 1 aliphatic heterocycles. The highest BCUT2D eigenvalue weighted by atomic mass is 32.1. The molecule has 0 radical (unpaired) electrons. The zero-order valence-electron chi connectivity index (χ0n) is 14.5. The smallest absolute Gasteiger partial charge is 0.231 e. The lowest BCUT2D eigenvalue weighted by Gasteiger charge is -2.29. The molecular weight excluding hydrogens is 330 g/mol. The Morgan fingerprint density at radius 2 is 1.96 bits per heavy atom. The number of primary amides is 1. The summed E-state index contributed by atoms with van der Waals surface area (Å²) in [7, 11) is 0. The maximum Gasteiger partial charge on any atom is 0.231 e. The normalized spacial score (nSPS) is 18.9. The number of nitrogens with two attached hydrogens (primary N) is 1. The minimum atomic E-state index is -0.234. The van der Waals surface area contributed by atoms with Gasteiger partial charge in [-0.05, 0) is 68.8 Å². The third-order valence-corrected chi connectivity index (χ3v) is 6.49. The first-order valence-electron chi connectivity index (χ1n) is 9.27. The van der Waals surface area contributed by atoms with Gasteiger partial charge in [0.25, 0.3) is 0 Å². The third kappa shape index (κ3) is 3.77. The predicted molar refractivity (Wildman–Crippen MR) is 102 cm³/mol. The number of piperidine rings is 1. The van der Waals surface area contributed by atoms with Gasteiger partial charge < -0.3 is 5.73 Å². The van der Waals surface area contributed by atoms with Crippen molar-refractivity contribution in [3.05, 3.63) is 39.7 Å². The predicted octanol–water partition coefficient (Wildman–Crippen LogP) is 3.35. The number of carbonyl (C=O) groups excluding carboxylic acids is 1. The van der Waals surface area contributed by atoms with Gasteiger partial charge in [0.15, 0.2) is 0 Å². The monoisotopic (exact) mass is 355 g/mol. The van der Waals surface area contributed by atoms with Crippen molar-refractivity contribution >= 4 is 17.2 Å². The molecule has 4 rings (SSSR count). The quantitative estimate of drug-likeness (QED) is 0.915. The van der Waals surface area contributed by atoms with E-state index in [1.54, 1.807) is 11.3 Å². The number of carbonyl (C=O) groups is 1. The van der Waals surface area contributed by atoms with E-state index in [4.69, 9.17) is 10.7 Å². The molecule has 132 valence electrons. The van der Waals surface area contributed by atoms with Crippen molar-refractivity contribution in [2.45, 2.75) is 44.4 Å². The number of amides is 1. The van der Waals surface area contributed by atoms with E-state index in [0.29, 0.717) is 12.5 Å². The first-order valence-corrected chi connectivity index (χ1v) is 10.2. The molecule has 2 aromatic rings. The lowest BCUT2D eigenvalue weighted by Crippen LogP contribution is -2.39. The van der Waals surface area contributed by atoms with Crippen LogP contribution in [0.25, 0.3) is 11.3 Å². The zero-order chi connectivity index (χ0) is 17.2. The molecule has 25 heavy (non-hydrogen) atoms. The summed E-state index contributed by atoms with van der Waals surface area (Å²) in [5, 5.41) is 3.45. The Morgan fingerprint density at radius 1 is 1.20 bits per heavy atom. The maximum absolute atomic E-state index is 11.1. The fraction of sp³-hybridized carbons (Fsp3) is 0.500. The molecule has 1 aromatic heterocycles. The number of likely N-dealkylation sites (tertiary alicyclic amines) is 1. The molecule has 0 bridgehead atoms. The van der Waals surface area contributed by atoms with Gasteiger partial charge in [-0.25, -0.2) is 4.98 Å². The maximum atomic E-state index is 11.1. The minimum Gasteiger partial charge on any atom is -0.369 e. The fourth-order valence-electron chi connectivity index (χ4n) is 4.06. The Kier molecular flexibility index (Phi) is 4.86. The van der Waals surface area contributed by atoms with Crippen LogP contribution in [0.3, 0.4) is 0 Å². The van der Waals surface area contributed by atoms with Gasteiger partial charge in [-0.15, -0.1) is 11.3 Å². The molecule has 2 aliphatic rings. The summed E-state index contributed by atoms with van der Waals surface area (Å²) in [5.74, 6) is 0.280. The Balaban J connectivity index is 1.45. The Hall–Kier alpha value is -1.72. The van der Waals surface area contributed by atoms with Gasteiger partial charge in [0.1, 0.15) is 0 Å². The number of nitrogens with zero attached hydrogens (tertiary/aromatic N) is 2. The second-order valence-corrected chi connectivity index (χ2v) is 8.17. The van der Waals surface area contributed by atoms with Crippen molar-refractivity contribution in [2.75, 3.05) is 19.6 Å². The van der Waals surface area contributed by atoms with E-state index < -0.39 is 0 Å². The minimum absolute atomic E-state index is 0.234. The molecule has 5 heteroatoms. The first kappa shape index (κ1) is 16.7. The van der Waals surface area contributed by atoms with Crippen LogP contribution >= 0.6 is 11.3 Å². The number of benzene rings is 1. The van der Waals surface area contributed by atoms with Crippen LogP contribution in [-0.4, -0.2) is 35.4 Å². The van der Waals surface area contributed by atoms with Crippen LogP contribution in [0.15, 0.2) is 23.6 Å². The van der Waals surface area contributed by atoms with Crippen LogP contribution in [-0.2, 0) is 17.6 Å². The van der Waals surface area contributed by atoms with Crippen LogP contribution in [0.2, 0.25) is 0 Å². The summed E-state index contributed by atoms with van der Waals surface area (Å²) in [6, 6.07) is 6.88. The van der Waals surface area contributed by atoms with Crippen molar-refractivity contribution in [3.63, 3.8) is 0 Å². The second-order valence-electron chi connectivity index (χ2n) is 7.28. The second kappa shape index (κ2) is 7.26. The van der Waals surface area contributed by atoms with Crippen molar-refractivity contribution in [2.24, 2.45) is 5.73 Å². The van der Waals surface area contributed by atoms with Crippen LogP contribution < -0.4 is 5.73 Å². The molecule has 0 saturated carbocycles. The van der Waals surface area contributed by atoms with Crippen molar-refractivity contribution in [1.29, 1.82) is 0 Å². The number of fused-ring (bicyclic) bond motifs is 1. The molecule has 1 aromatic carbocycles. The molecule has 0 unspecified atom stereocenters.